The first-order valence-electron chi connectivity index (χ1n) is 8.55. The lowest BCUT2D eigenvalue weighted by molar-refractivity contribution is -0.170. The number of hydroxylamine groups is 2. The molecular formula is C19H23N3O4. The maximum Gasteiger partial charge on any atom is 0.268 e. The minimum Gasteiger partial charge on any atom is -0.376 e. The number of carbonyl (C=O) groups excluding carboxylic acids is 2. The number of aromatic nitrogens is 1. The average molecular weight is 357 g/mol. The minimum atomic E-state index is -0.719. The summed E-state index contributed by atoms with van der Waals surface area (Å²) in [7, 11) is 2.94. The summed E-state index contributed by atoms with van der Waals surface area (Å²) in [5, 5.41) is 4.94. The average Bonchev–Trinajstić information content (AvgIpc) is 3.07. The van der Waals surface area contributed by atoms with E-state index in [0.717, 1.165) is 16.0 Å². The number of amides is 2. The van der Waals surface area contributed by atoms with Crippen molar-refractivity contribution in [2.24, 2.45) is 0 Å². The van der Waals surface area contributed by atoms with Gasteiger partial charge in [-0.25, -0.2) is 5.06 Å². The van der Waals surface area contributed by atoms with Crippen LogP contribution in [0.1, 0.15) is 16.8 Å². The van der Waals surface area contributed by atoms with Crippen LogP contribution < -0.4 is 5.32 Å². The first-order chi connectivity index (χ1) is 12.6. The van der Waals surface area contributed by atoms with E-state index in [1.165, 1.54) is 14.2 Å². The molecule has 26 heavy (non-hydrogen) atoms. The molecule has 2 aromatic rings. The molecular weight excluding hydrogens is 334 g/mol. The van der Waals surface area contributed by atoms with Crippen LogP contribution in [0.15, 0.2) is 42.6 Å². The van der Waals surface area contributed by atoms with E-state index in [2.05, 4.69) is 5.32 Å². The molecule has 2 heterocycles. The molecule has 1 aliphatic heterocycles. The highest BCUT2D eigenvalue weighted by Crippen LogP contribution is 2.21. The van der Waals surface area contributed by atoms with Crippen molar-refractivity contribution >= 4 is 22.7 Å². The summed E-state index contributed by atoms with van der Waals surface area (Å²) in [6, 6.07) is 6.83. The van der Waals surface area contributed by atoms with Crippen LogP contribution in [0, 0.1) is 0 Å². The van der Waals surface area contributed by atoms with Crippen molar-refractivity contribution in [3.63, 3.8) is 0 Å². The number of benzene rings is 1. The predicted octanol–water partition coefficient (Wildman–Crippen LogP) is 1.74. The van der Waals surface area contributed by atoms with Crippen molar-refractivity contribution in [3.8, 4) is 0 Å². The summed E-state index contributed by atoms with van der Waals surface area (Å²) in [6.45, 7) is 1.65. The molecule has 3 rings (SSSR count). The second-order valence-electron chi connectivity index (χ2n) is 6.08. The first-order valence-corrected chi connectivity index (χ1v) is 8.55. The van der Waals surface area contributed by atoms with E-state index in [4.69, 9.17) is 9.57 Å². The zero-order valence-corrected chi connectivity index (χ0v) is 15.0. The van der Waals surface area contributed by atoms with Gasteiger partial charge in [0.1, 0.15) is 6.04 Å². The van der Waals surface area contributed by atoms with Crippen LogP contribution in [-0.2, 0) is 20.9 Å². The zero-order valence-electron chi connectivity index (χ0n) is 15.0. The van der Waals surface area contributed by atoms with Gasteiger partial charge in [0.05, 0.1) is 31.4 Å². The topological polar surface area (TPSA) is 72.8 Å². The Kier molecular flexibility index (Phi) is 5.70. The number of hydrogen-bond acceptors (Lipinski definition) is 4. The second kappa shape index (κ2) is 8.16. The fourth-order valence-electron chi connectivity index (χ4n) is 3.01. The molecule has 1 atom stereocenters. The van der Waals surface area contributed by atoms with E-state index in [1.807, 2.05) is 41.1 Å². The van der Waals surface area contributed by atoms with Gasteiger partial charge >= 0.3 is 0 Å². The van der Waals surface area contributed by atoms with E-state index in [0.29, 0.717) is 31.7 Å². The van der Waals surface area contributed by atoms with Gasteiger partial charge in [-0.05, 0) is 18.6 Å². The molecule has 1 aliphatic rings. The first kappa shape index (κ1) is 18.2. The molecule has 1 aromatic heterocycles. The lowest BCUT2D eigenvalue weighted by Gasteiger charge is -2.22. The van der Waals surface area contributed by atoms with Crippen molar-refractivity contribution in [2.45, 2.75) is 19.0 Å². The van der Waals surface area contributed by atoms with Gasteiger partial charge in [-0.2, -0.15) is 0 Å². The number of carbonyl (C=O) groups is 2. The number of rotatable bonds is 2. The molecule has 0 saturated carbocycles. The van der Waals surface area contributed by atoms with Crippen LogP contribution in [0.2, 0.25) is 0 Å². The van der Waals surface area contributed by atoms with Crippen LogP contribution in [-0.4, -0.2) is 54.9 Å². The Labute approximate surface area is 152 Å². The third-order valence-corrected chi connectivity index (χ3v) is 4.45. The monoisotopic (exact) mass is 357 g/mol. The number of hydrogen-bond donors (Lipinski definition) is 1. The van der Waals surface area contributed by atoms with Gasteiger partial charge in [-0.15, -0.1) is 0 Å². The van der Waals surface area contributed by atoms with Crippen LogP contribution in [0.4, 0.5) is 0 Å². The second-order valence-corrected chi connectivity index (χ2v) is 6.08. The van der Waals surface area contributed by atoms with Gasteiger partial charge in [-0.1, -0.05) is 24.3 Å². The molecule has 0 bridgehead atoms. The fourth-order valence-corrected chi connectivity index (χ4v) is 3.01. The van der Waals surface area contributed by atoms with Gasteiger partial charge in [-0.3, -0.25) is 14.4 Å². The predicted molar refractivity (Wildman–Crippen MR) is 97.5 cm³/mol. The minimum absolute atomic E-state index is 0.285. The fraction of sp³-hybridized carbons (Fsp3) is 0.368. The molecule has 1 N–H and O–H groups in total. The van der Waals surface area contributed by atoms with E-state index in [-0.39, 0.29) is 11.8 Å². The number of nitrogens with zero attached hydrogens (tertiary/aromatic N) is 2. The Morgan fingerprint density at radius 3 is 3.00 bits per heavy atom. The maximum atomic E-state index is 12.9. The number of likely N-dealkylation sites (N-methyl/N-ethyl adjacent to an activating group) is 1. The summed E-state index contributed by atoms with van der Waals surface area (Å²) in [6.07, 6.45) is 6.00. The molecule has 0 fully saturated rings. The quantitative estimate of drug-likeness (QED) is 0.656. The normalized spacial score (nSPS) is 18.5. The molecule has 0 aliphatic carbocycles. The summed E-state index contributed by atoms with van der Waals surface area (Å²) >= 11 is 0. The van der Waals surface area contributed by atoms with Crippen molar-refractivity contribution in [1.82, 2.24) is 14.9 Å². The van der Waals surface area contributed by atoms with Gasteiger partial charge < -0.3 is 14.6 Å². The number of ether oxygens (including phenoxy) is 1. The van der Waals surface area contributed by atoms with E-state index in [9.17, 15) is 9.59 Å². The molecule has 0 saturated heterocycles. The Morgan fingerprint density at radius 1 is 1.35 bits per heavy atom. The van der Waals surface area contributed by atoms with Crippen molar-refractivity contribution < 1.29 is 19.2 Å². The maximum absolute atomic E-state index is 12.9. The smallest absolute Gasteiger partial charge is 0.268 e. The largest absolute Gasteiger partial charge is 0.376 e. The summed E-state index contributed by atoms with van der Waals surface area (Å²) in [5.41, 5.74) is 1.38. The Bertz CT molecular complexity index is 827. The molecule has 0 radical (unpaired) electrons. The van der Waals surface area contributed by atoms with Crippen LogP contribution in [0.3, 0.4) is 0 Å². The van der Waals surface area contributed by atoms with E-state index in [1.54, 1.807) is 6.07 Å². The van der Waals surface area contributed by atoms with Gasteiger partial charge in [0.25, 0.3) is 11.8 Å². The summed E-state index contributed by atoms with van der Waals surface area (Å²) in [5.74, 6) is -0.601. The molecule has 0 spiro atoms. The number of para-hydroxylation sites is 1. The lowest BCUT2D eigenvalue weighted by Crippen LogP contribution is -2.46. The van der Waals surface area contributed by atoms with Gasteiger partial charge in [0.2, 0.25) is 0 Å². The summed E-state index contributed by atoms with van der Waals surface area (Å²) < 4.78 is 7.62. The van der Waals surface area contributed by atoms with Crippen molar-refractivity contribution in [1.29, 1.82) is 0 Å². The van der Waals surface area contributed by atoms with E-state index >= 15 is 0 Å². The van der Waals surface area contributed by atoms with Crippen LogP contribution in [0.25, 0.3) is 10.9 Å². The zero-order chi connectivity index (χ0) is 18.5. The molecule has 7 nitrogen and oxygen atoms in total. The third-order valence-electron chi connectivity index (χ3n) is 4.45. The molecule has 2 amide bonds. The Balaban J connectivity index is 1.98. The van der Waals surface area contributed by atoms with Crippen LogP contribution >= 0.6 is 0 Å². The van der Waals surface area contributed by atoms with Gasteiger partial charge in [0.15, 0.2) is 0 Å². The SMILES string of the molecule is CON(C)C(=O)[C@@H]1CC=CCOCCn2ccc3cccc(c32)C(=O)N1. The molecule has 0 unspecified atom stereocenters. The lowest BCUT2D eigenvalue weighted by atomic mass is 10.1. The molecule has 138 valence electrons. The van der Waals surface area contributed by atoms with Gasteiger partial charge in [0, 0.05) is 25.2 Å². The van der Waals surface area contributed by atoms with Crippen molar-refractivity contribution in [3.05, 3.63) is 48.2 Å². The number of nitrogens with one attached hydrogen (secondary N) is 1. The van der Waals surface area contributed by atoms with E-state index < -0.39 is 6.04 Å². The highest BCUT2D eigenvalue weighted by Gasteiger charge is 2.25. The Morgan fingerprint density at radius 2 is 2.19 bits per heavy atom. The van der Waals surface area contributed by atoms with Crippen LogP contribution in [0.5, 0.6) is 0 Å². The standard InChI is InChI=1S/C19H23N3O4/c1-21(25-2)19(24)16-8-3-4-12-26-13-11-22-10-9-14-6-5-7-15(17(14)22)18(23)20-16/h3-7,9-10,16H,8,11-13H2,1-2H3,(H,20,23)/t16-/m0/s1. The molecule has 1 aromatic carbocycles. The highest BCUT2D eigenvalue weighted by molar-refractivity contribution is 6.07. The molecule has 7 heteroatoms. The van der Waals surface area contributed by atoms with Crippen molar-refractivity contribution in [2.75, 3.05) is 27.4 Å². The summed E-state index contributed by atoms with van der Waals surface area (Å²) in [4.78, 5) is 30.4. The Hall–Kier alpha value is -2.64. The highest BCUT2D eigenvalue weighted by atomic mass is 16.7. The third kappa shape index (κ3) is 3.79.